The van der Waals surface area contributed by atoms with Gasteiger partial charge in [-0.15, -0.1) is 0 Å². The minimum atomic E-state index is -2.80. The third-order valence-corrected chi connectivity index (χ3v) is 5.30. The monoisotopic (exact) mass is 297 g/mol. The third kappa shape index (κ3) is 4.61. The minimum Gasteiger partial charge on any atom is -0.481 e. The topological polar surface area (TPSA) is 83.5 Å². The number of carboxylic acids is 1. The highest BCUT2D eigenvalue weighted by atomic mass is 32.2. The molecular weight excluding hydrogens is 278 g/mol. The van der Waals surface area contributed by atoms with Crippen LogP contribution < -0.4 is 5.32 Å². The second-order valence-electron chi connectivity index (χ2n) is 5.29. The van der Waals surface area contributed by atoms with Crippen LogP contribution in [-0.4, -0.2) is 37.5 Å². The molecule has 2 rings (SSSR count). The van der Waals surface area contributed by atoms with Gasteiger partial charge in [0.15, 0.2) is 9.84 Å². The normalized spacial score (nSPS) is 20.9. The lowest BCUT2D eigenvalue weighted by Gasteiger charge is -2.09. The Kier molecular flexibility index (Phi) is 4.77. The number of carboxylic acid groups (broad SMARTS) is 1. The Morgan fingerprint density at radius 1 is 1.25 bits per heavy atom. The maximum Gasteiger partial charge on any atom is 0.307 e. The lowest BCUT2D eigenvalue weighted by molar-refractivity contribution is -0.136. The van der Waals surface area contributed by atoms with Crippen molar-refractivity contribution in [2.75, 3.05) is 18.1 Å². The lowest BCUT2D eigenvalue weighted by Crippen LogP contribution is -2.23. The smallest absolute Gasteiger partial charge is 0.307 e. The molecule has 110 valence electrons. The van der Waals surface area contributed by atoms with E-state index in [1.54, 1.807) is 0 Å². The summed E-state index contributed by atoms with van der Waals surface area (Å²) in [6, 6.07) is 7.42. The second kappa shape index (κ2) is 6.37. The summed E-state index contributed by atoms with van der Waals surface area (Å²) in [7, 11) is -2.80. The molecule has 6 heteroatoms. The summed E-state index contributed by atoms with van der Waals surface area (Å²) < 4.78 is 22.6. The van der Waals surface area contributed by atoms with Crippen LogP contribution in [0.3, 0.4) is 0 Å². The molecule has 0 aliphatic carbocycles. The minimum absolute atomic E-state index is 0.0354. The zero-order chi connectivity index (χ0) is 14.6. The molecule has 0 spiro atoms. The molecule has 0 amide bonds. The molecule has 2 N–H and O–H groups in total. The number of aliphatic carboxylic acids is 1. The van der Waals surface area contributed by atoms with E-state index >= 15 is 0 Å². The lowest BCUT2D eigenvalue weighted by atomic mass is 10.1. The predicted octanol–water partition coefficient (Wildman–Crippen LogP) is 0.838. The number of hydrogen-bond acceptors (Lipinski definition) is 4. The van der Waals surface area contributed by atoms with Gasteiger partial charge in [-0.1, -0.05) is 24.3 Å². The maximum atomic E-state index is 11.3. The van der Waals surface area contributed by atoms with Crippen LogP contribution in [0, 0.1) is 5.92 Å². The first-order valence-electron chi connectivity index (χ1n) is 6.65. The molecule has 20 heavy (non-hydrogen) atoms. The van der Waals surface area contributed by atoms with Crippen molar-refractivity contribution >= 4 is 15.8 Å². The molecule has 1 aliphatic heterocycles. The SMILES string of the molecule is O=C(O)Cc1ccc(CNCC2CCS(=O)(=O)C2)cc1. The molecule has 1 heterocycles. The number of sulfone groups is 1. The van der Waals surface area contributed by atoms with Crippen LogP contribution in [0.1, 0.15) is 17.5 Å². The largest absolute Gasteiger partial charge is 0.481 e. The van der Waals surface area contributed by atoms with Crippen LogP contribution in [0.5, 0.6) is 0 Å². The summed E-state index contributed by atoms with van der Waals surface area (Å²) in [5.41, 5.74) is 1.85. The highest BCUT2D eigenvalue weighted by molar-refractivity contribution is 7.91. The van der Waals surface area contributed by atoms with Crippen molar-refractivity contribution < 1.29 is 18.3 Å². The summed E-state index contributed by atoms with van der Waals surface area (Å²) >= 11 is 0. The van der Waals surface area contributed by atoms with Crippen molar-refractivity contribution in [3.8, 4) is 0 Å². The van der Waals surface area contributed by atoms with Gasteiger partial charge in [0.05, 0.1) is 17.9 Å². The molecule has 1 unspecified atom stereocenters. The Morgan fingerprint density at radius 3 is 2.45 bits per heavy atom. The highest BCUT2D eigenvalue weighted by Crippen LogP contribution is 2.17. The van der Waals surface area contributed by atoms with E-state index in [1.807, 2.05) is 24.3 Å². The van der Waals surface area contributed by atoms with Gasteiger partial charge in [-0.25, -0.2) is 8.42 Å². The van der Waals surface area contributed by atoms with Crippen molar-refractivity contribution in [1.82, 2.24) is 5.32 Å². The van der Waals surface area contributed by atoms with Gasteiger partial charge in [-0.2, -0.15) is 0 Å². The molecule has 1 saturated heterocycles. The second-order valence-corrected chi connectivity index (χ2v) is 7.52. The van der Waals surface area contributed by atoms with Gasteiger partial charge >= 0.3 is 5.97 Å². The molecular formula is C14H19NO4S. The standard InChI is InChI=1S/C14H19NO4S/c16-14(17)7-11-1-3-12(4-2-11)8-15-9-13-5-6-20(18,19)10-13/h1-4,13,15H,5-10H2,(H,16,17). The van der Waals surface area contributed by atoms with Gasteiger partial charge in [-0.05, 0) is 30.0 Å². The third-order valence-electron chi connectivity index (χ3n) is 3.47. The van der Waals surface area contributed by atoms with Gasteiger partial charge in [-0.3, -0.25) is 4.79 Å². The van der Waals surface area contributed by atoms with Crippen molar-refractivity contribution in [3.63, 3.8) is 0 Å². The summed E-state index contributed by atoms with van der Waals surface area (Å²) in [6.07, 6.45) is 0.778. The van der Waals surface area contributed by atoms with E-state index in [9.17, 15) is 13.2 Å². The molecule has 1 aromatic rings. The molecule has 0 saturated carbocycles. The van der Waals surface area contributed by atoms with Gasteiger partial charge in [0.1, 0.15) is 0 Å². The Bertz CT molecular complexity index is 565. The van der Waals surface area contributed by atoms with Gasteiger partial charge < -0.3 is 10.4 Å². The predicted molar refractivity (Wildman–Crippen MR) is 76.2 cm³/mol. The molecule has 1 aromatic carbocycles. The fourth-order valence-electron chi connectivity index (χ4n) is 2.40. The van der Waals surface area contributed by atoms with Crippen LogP contribution in [0.4, 0.5) is 0 Å². The van der Waals surface area contributed by atoms with Crippen molar-refractivity contribution in [3.05, 3.63) is 35.4 Å². The van der Waals surface area contributed by atoms with E-state index in [2.05, 4.69) is 5.32 Å². The van der Waals surface area contributed by atoms with E-state index < -0.39 is 15.8 Å². The van der Waals surface area contributed by atoms with Crippen LogP contribution in [-0.2, 0) is 27.6 Å². The van der Waals surface area contributed by atoms with E-state index in [1.165, 1.54) is 0 Å². The van der Waals surface area contributed by atoms with E-state index in [0.717, 1.165) is 17.5 Å². The molecule has 1 aliphatic rings. The first-order valence-corrected chi connectivity index (χ1v) is 8.47. The zero-order valence-corrected chi connectivity index (χ0v) is 12.0. The van der Waals surface area contributed by atoms with Gasteiger partial charge in [0.2, 0.25) is 0 Å². The van der Waals surface area contributed by atoms with Crippen molar-refractivity contribution in [1.29, 1.82) is 0 Å². The molecule has 0 bridgehead atoms. The quantitative estimate of drug-likeness (QED) is 0.813. The first-order chi connectivity index (χ1) is 9.44. The fourth-order valence-corrected chi connectivity index (χ4v) is 4.27. The Balaban J connectivity index is 1.76. The maximum absolute atomic E-state index is 11.3. The van der Waals surface area contributed by atoms with Gasteiger partial charge in [0.25, 0.3) is 0 Å². The number of nitrogens with one attached hydrogen (secondary N) is 1. The van der Waals surface area contributed by atoms with Crippen LogP contribution in [0.25, 0.3) is 0 Å². The first kappa shape index (κ1) is 15.0. The molecule has 0 radical (unpaired) electrons. The molecule has 1 fully saturated rings. The number of rotatable bonds is 6. The summed E-state index contributed by atoms with van der Waals surface area (Å²) in [6.45, 7) is 1.38. The van der Waals surface area contributed by atoms with Crippen molar-refractivity contribution in [2.45, 2.75) is 19.4 Å². The Hall–Kier alpha value is -1.40. The molecule has 0 aromatic heterocycles. The average Bonchev–Trinajstić information content (AvgIpc) is 2.70. The highest BCUT2D eigenvalue weighted by Gasteiger charge is 2.27. The van der Waals surface area contributed by atoms with E-state index in [0.29, 0.717) is 18.8 Å². The summed E-state index contributed by atoms with van der Waals surface area (Å²) in [4.78, 5) is 10.6. The number of carbonyl (C=O) groups is 1. The molecule has 5 nitrogen and oxygen atoms in total. The van der Waals surface area contributed by atoms with Crippen molar-refractivity contribution in [2.24, 2.45) is 5.92 Å². The Labute approximate surface area is 118 Å². The van der Waals surface area contributed by atoms with Gasteiger partial charge in [0, 0.05) is 6.54 Å². The fraction of sp³-hybridized carbons (Fsp3) is 0.500. The molecule has 1 atom stereocenters. The zero-order valence-electron chi connectivity index (χ0n) is 11.2. The average molecular weight is 297 g/mol. The summed E-state index contributed by atoms with van der Waals surface area (Å²) in [5, 5.41) is 11.9. The Morgan fingerprint density at radius 2 is 1.90 bits per heavy atom. The van der Waals surface area contributed by atoms with Crippen LogP contribution in [0.15, 0.2) is 24.3 Å². The van der Waals surface area contributed by atoms with Crippen LogP contribution in [0.2, 0.25) is 0 Å². The van der Waals surface area contributed by atoms with Crippen LogP contribution >= 0.6 is 0 Å². The van der Waals surface area contributed by atoms with E-state index in [-0.39, 0.29) is 18.1 Å². The number of benzene rings is 1. The summed E-state index contributed by atoms with van der Waals surface area (Å²) in [5.74, 6) is -0.0227. The number of hydrogen-bond donors (Lipinski definition) is 2. The van der Waals surface area contributed by atoms with E-state index in [4.69, 9.17) is 5.11 Å².